The Hall–Kier alpha value is -1.31. The highest BCUT2D eigenvalue weighted by atomic mass is 16.4. The minimum atomic E-state index is -0.661. The van der Waals surface area contributed by atoms with E-state index >= 15 is 0 Å². The molecule has 1 saturated carbocycles. The minimum absolute atomic E-state index is 0.329. The van der Waals surface area contributed by atoms with E-state index in [0.29, 0.717) is 6.42 Å². The van der Waals surface area contributed by atoms with E-state index in [2.05, 4.69) is 30.3 Å². The van der Waals surface area contributed by atoms with Crippen LogP contribution in [0.4, 0.5) is 0 Å². The number of rotatable bonds is 8. The second-order valence-corrected chi connectivity index (χ2v) is 6.41. The van der Waals surface area contributed by atoms with E-state index in [0.717, 1.165) is 24.7 Å². The number of carboxylic acids is 1. The van der Waals surface area contributed by atoms with Gasteiger partial charge in [-0.3, -0.25) is 4.79 Å². The van der Waals surface area contributed by atoms with Crippen molar-refractivity contribution in [3.05, 3.63) is 35.9 Å². The Morgan fingerprint density at radius 2 is 1.71 bits per heavy atom. The van der Waals surface area contributed by atoms with Gasteiger partial charge in [-0.05, 0) is 43.1 Å². The average molecular weight is 288 g/mol. The number of hydrogen-bond acceptors (Lipinski definition) is 1. The molecule has 2 atom stereocenters. The first-order chi connectivity index (χ1) is 10.3. The Kier molecular flexibility index (Phi) is 6.78. The van der Waals surface area contributed by atoms with Crippen LogP contribution >= 0.6 is 0 Å². The van der Waals surface area contributed by atoms with Crippen molar-refractivity contribution in [2.24, 2.45) is 5.92 Å². The van der Waals surface area contributed by atoms with E-state index in [1.165, 1.54) is 50.5 Å². The average Bonchev–Trinajstić information content (AvgIpc) is 2.52. The lowest BCUT2D eigenvalue weighted by Gasteiger charge is -2.32. The minimum Gasteiger partial charge on any atom is -0.481 e. The molecule has 1 aliphatic carbocycles. The predicted molar refractivity (Wildman–Crippen MR) is 86.5 cm³/mol. The van der Waals surface area contributed by atoms with Crippen molar-refractivity contribution in [2.75, 3.05) is 0 Å². The number of benzene rings is 1. The van der Waals surface area contributed by atoms with Crippen LogP contribution in [0.15, 0.2) is 30.3 Å². The molecule has 0 unspecified atom stereocenters. The Balaban J connectivity index is 1.74. The van der Waals surface area contributed by atoms with E-state index in [1.807, 2.05) is 0 Å². The van der Waals surface area contributed by atoms with Crippen molar-refractivity contribution in [3.8, 4) is 0 Å². The van der Waals surface area contributed by atoms with Gasteiger partial charge in [0.25, 0.3) is 0 Å². The van der Waals surface area contributed by atoms with E-state index in [1.54, 1.807) is 0 Å². The number of aliphatic carboxylic acids is 1. The van der Waals surface area contributed by atoms with E-state index < -0.39 is 5.97 Å². The van der Waals surface area contributed by atoms with Gasteiger partial charge in [0, 0.05) is 6.42 Å². The standard InChI is InChI=1S/C19H28O2/c20-19(21)15-7-2-1-4-10-17-13-8-9-14-18(17)16-11-5-3-6-12-16/h3,5-6,11-12,17-18H,1-2,4,7-10,13-15H2,(H,20,21)/t17-,18-/m1/s1. The molecule has 2 heteroatoms. The Bertz CT molecular complexity index is 413. The van der Waals surface area contributed by atoms with Crippen molar-refractivity contribution >= 4 is 5.97 Å². The highest BCUT2D eigenvalue weighted by Crippen LogP contribution is 2.40. The van der Waals surface area contributed by atoms with Crippen molar-refractivity contribution in [1.82, 2.24) is 0 Å². The zero-order chi connectivity index (χ0) is 14.9. The number of unbranched alkanes of at least 4 members (excludes halogenated alkanes) is 3. The third-order valence-electron chi connectivity index (χ3n) is 4.85. The third kappa shape index (κ3) is 5.53. The summed E-state index contributed by atoms with van der Waals surface area (Å²) >= 11 is 0. The molecule has 0 saturated heterocycles. The zero-order valence-corrected chi connectivity index (χ0v) is 13.0. The van der Waals surface area contributed by atoms with Crippen LogP contribution in [0, 0.1) is 5.92 Å². The molecule has 2 nitrogen and oxygen atoms in total. The summed E-state index contributed by atoms with van der Waals surface area (Å²) in [6.07, 6.45) is 11.4. The molecular formula is C19H28O2. The molecule has 1 N–H and O–H groups in total. The summed E-state index contributed by atoms with van der Waals surface area (Å²) in [5.41, 5.74) is 1.52. The largest absolute Gasteiger partial charge is 0.481 e. The fourth-order valence-electron chi connectivity index (χ4n) is 3.73. The van der Waals surface area contributed by atoms with Gasteiger partial charge in [-0.2, -0.15) is 0 Å². The van der Waals surface area contributed by atoms with Gasteiger partial charge in [0.2, 0.25) is 0 Å². The van der Waals surface area contributed by atoms with E-state index in [-0.39, 0.29) is 0 Å². The summed E-state index contributed by atoms with van der Waals surface area (Å²) in [4.78, 5) is 10.5. The molecular weight excluding hydrogens is 260 g/mol. The molecule has 0 spiro atoms. The Labute approximate surface area is 128 Å². The number of carboxylic acid groups (broad SMARTS) is 1. The molecule has 1 aromatic carbocycles. The maximum Gasteiger partial charge on any atom is 0.303 e. The lowest BCUT2D eigenvalue weighted by molar-refractivity contribution is -0.137. The van der Waals surface area contributed by atoms with Crippen LogP contribution in [0.1, 0.15) is 75.7 Å². The topological polar surface area (TPSA) is 37.3 Å². The molecule has 1 fully saturated rings. The van der Waals surface area contributed by atoms with Crippen LogP contribution in [0.2, 0.25) is 0 Å². The number of hydrogen-bond donors (Lipinski definition) is 1. The third-order valence-corrected chi connectivity index (χ3v) is 4.85. The first kappa shape index (κ1) is 16.1. The first-order valence-corrected chi connectivity index (χ1v) is 8.54. The summed E-state index contributed by atoms with van der Waals surface area (Å²) in [5, 5.41) is 8.63. The van der Waals surface area contributed by atoms with Crippen molar-refractivity contribution in [1.29, 1.82) is 0 Å². The molecule has 0 aromatic heterocycles. The van der Waals surface area contributed by atoms with Crippen molar-refractivity contribution in [2.45, 2.75) is 70.1 Å². The van der Waals surface area contributed by atoms with E-state index in [9.17, 15) is 4.79 Å². The Morgan fingerprint density at radius 3 is 2.48 bits per heavy atom. The molecule has 0 amide bonds. The lowest BCUT2D eigenvalue weighted by Crippen LogP contribution is -2.17. The molecule has 1 aromatic rings. The zero-order valence-electron chi connectivity index (χ0n) is 13.0. The normalized spacial score (nSPS) is 22.1. The highest BCUT2D eigenvalue weighted by molar-refractivity contribution is 5.66. The summed E-state index contributed by atoms with van der Waals surface area (Å²) < 4.78 is 0. The van der Waals surface area contributed by atoms with Crippen molar-refractivity contribution in [3.63, 3.8) is 0 Å². The molecule has 0 bridgehead atoms. The lowest BCUT2D eigenvalue weighted by atomic mass is 9.73. The highest BCUT2D eigenvalue weighted by Gasteiger charge is 2.25. The van der Waals surface area contributed by atoms with Crippen LogP contribution in [0.5, 0.6) is 0 Å². The van der Waals surface area contributed by atoms with Gasteiger partial charge in [-0.25, -0.2) is 0 Å². The maximum atomic E-state index is 10.5. The molecule has 0 radical (unpaired) electrons. The van der Waals surface area contributed by atoms with Crippen LogP contribution in [0.25, 0.3) is 0 Å². The van der Waals surface area contributed by atoms with Crippen LogP contribution in [-0.2, 0) is 4.79 Å². The fourth-order valence-corrected chi connectivity index (χ4v) is 3.73. The van der Waals surface area contributed by atoms with Gasteiger partial charge in [-0.1, -0.05) is 62.4 Å². The smallest absolute Gasteiger partial charge is 0.303 e. The van der Waals surface area contributed by atoms with Gasteiger partial charge in [-0.15, -0.1) is 0 Å². The van der Waals surface area contributed by atoms with Gasteiger partial charge in [0.05, 0.1) is 0 Å². The number of carbonyl (C=O) groups is 1. The van der Waals surface area contributed by atoms with Crippen LogP contribution in [0.3, 0.4) is 0 Å². The fraction of sp³-hybridized carbons (Fsp3) is 0.632. The first-order valence-electron chi connectivity index (χ1n) is 8.54. The van der Waals surface area contributed by atoms with Gasteiger partial charge in [0.15, 0.2) is 0 Å². The molecule has 0 aliphatic heterocycles. The van der Waals surface area contributed by atoms with Gasteiger partial charge in [0.1, 0.15) is 0 Å². The Morgan fingerprint density at radius 1 is 1.00 bits per heavy atom. The molecule has 2 rings (SSSR count). The SMILES string of the molecule is O=C(O)CCCCCC[C@@H]1CCCC[C@@H]1c1ccccc1. The van der Waals surface area contributed by atoms with Crippen LogP contribution in [-0.4, -0.2) is 11.1 Å². The molecule has 1 aliphatic rings. The quantitative estimate of drug-likeness (QED) is 0.651. The predicted octanol–water partition coefficient (Wildman–Crippen LogP) is 5.39. The van der Waals surface area contributed by atoms with E-state index in [4.69, 9.17) is 5.11 Å². The summed E-state index contributed by atoms with van der Waals surface area (Å²) in [5.74, 6) is 0.922. The summed E-state index contributed by atoms with van der Waals surface area (Å²) in [7, 11) is 0. The molecule has 21 heavy (non-hydrogen) atoms. The van der Waals surface area contributed by atoms with Crippen molar-refractivity contribution < 1.29 is 9.90 Å². The monoisotopic (exact) mass is 288 g/mol. The second-order valence-electron chi connectivity index (χ2n) is 6.41. The second kappa shape index (κ2) is 8.86. The summed E-state index contributed by atoms with van der Waals surface area (Å²) in [6.45, 7) is 0. The maximum absolute atomic E-state index is 10.5. The summed E-state index contributed by atoms with van der Waals surface area (Å²) in [6, 6.07) is 11.0. The van der Waals surface area contributed by atoms with Crippen LogP contribution < -0.4 is 0 Å². The van der Waals surface area contributed by atoms with Gasteiger partial charge >= 0.3 is 5.97 Å². The molecule has 0 heterocycles. The van der Waals surface area contributed by atoms with Gasteiger partial charge < -0.3 is 5.11 Å². The molecule has 116 valence electrons.